The van der Waals surface area contributed by atoms with E-state index in [4.69, 9.17) is 4.74 Å². The summed E-state index contributed by atoms with van der Waals surface area (Å²) in [5.74, 6) is 0.475. The number of hydrogen-bond acceptors (Lipinski definition) is 3. The Bertz CT molecular complexity index is 1050. The molecule has 4 nitrogen and oxygen atoms in total. The summed E-state index contributed by atoms with van der Waals surface area (Å²) < 4.78 is 20.6. The number of ether oxygens (including phenoxy) is 1. The number of rotatable bonds is 4. The molecule has 1 N–H and O–H groups in total. The van der Waals surface area contributed by atoms with Crippen LogP contribution >= 0.6 is 0 Å². The fourth-order valence-electron chi connectivity index (χ4n) is 4.52. The molecule has 0 bridgehead atoms. The van der Waals surface area contributed by atoms with E-state index in [0.717, 1.165) is 24.2 Å². The number of fused-ring (bicyclic) bond motifs is 1. The Morgan fingerprint density at radius 3 is 2.62 bits per heavy atom. The largest absolute Gasteiger partial charge is 0.486 e. The summed E-state index contributed by atoms with van der Waals surface area (Å²) >= 11 is 0. The molecule has 2 aliphatic carbocycles. The van der Waals surface area contributed by atoms with E-state index in [1.807, 2.05) is 24.3 Å². The van der Waals surface area contributed by atoms with Gasteiger partial charge in [-0.1, -0.05) is 36.4 Å². The molecule has 0 fully saturated rings. The lowest BCUT2D eigenvalue weighted by Gasteiger charge is -2.18. The molecule has 5 rings (SSSR count). The molecule has 1 amide bonds. The smallest absolute Gasteiger partial charge is 0.257 e. The summed E-state index contributed by atoms with van der Waals surface area (Å²) in [6.45, 7) is 0. The van der Waals surface area contributed by atoms with Crippen molar-refractivity contribution >= 4 is 27.4 Å². The van der Waals surface area contributed by atoms with E-state index in [-0.39, 0.29) is 12.0 Å². The highest BCUT2D eigenvalue weighted by Crippen LogP contribution is 2.40. The Labute approximate surface area is 173 Å². The van der Waals surface area contributed by atoms with E-state index in [1.165, 1.54) is 54.0 Å². The van der Waals surface area contributed by atoms with Crippen LogP contribution in [0, 0.1) is 0 Å². The van der Waals surface area contributed by atoms with Crippen LogP contribution in [0.4, 0.5) is 0 Å². The van der Waals surface area contributed by atoms with Crippen LogP contribution in [0.3, 0.4) is 0 Å². The summed E-state index contributed by atoms with van der Waals surface area (Å²) in [5, 5.41) is 0. The number of amides is 1. The van der Waals surface area contributed by atoms with Crippen molar-refractivity contribution in [2.24, 2.45) is 0 Å². The molecule has 1 unspecified atom stereocenters. The van der Waals surface area contributed by atoms with E-state index in [0.29, 0.717) is 4.91 Å². The Balaban J connectivity index is 1.36. The minimum Gasteiger partial charge on any atom is -0.486 e. The van der Waals surface area contributed by atoms with Crippen LogP contribution in [0.25, 0.3) is 10.5 Å². The zero-order valence-electron chi connectivity index (χ0n) is 16.1. The lowest BCUT2D eigenvalue weighted by molar-refractivity contribution is -0.114. The second kappa shape index (κ2) is 7.64. The highest BCUT2D eigenvalue weighted by Gasteiger charge is 2.27. The van der Waals surface area contributed by atoms with Crippen LogP contribution in [0.15, 0.2) is 54.6 Å². The van der Waals surface area contributed by atoms with Crippen molar-refractivity contribution in [1.82, 2.24) is 4.72 Å². The van der Waals surface area contributed by atoms with E-state index < -0.39 is 11.0 Å². The van der Waals surface area contributed by atoms with E-state index in [9.17, 15) is 9.00 Å². The lowest BCUT2D eigenvalue weighted by Crippen LogP contribution is -2.16. The molecular formula is C24H23NO3S. The van der Waals surface area contributed by atoms with E-state index in [1.54, 1.807) is 0 Å². The first-order valence-corrected chi connectivity index (χ1v) is 11.4. The minimum absolute atomic E-state index is 0.0584. The molecule has 0 saturated heterocycles. The maximum absolute atomic E-state index is 11.9. The zero-order valence-corrected chi connectivity index (χ0v) is 17.0. The quantitative estimate of drug-likeness (QED) is 0.792. The van der Waals surface area contributed by atoms with Gasteiger partial charge in [0.1, 0.15) is 11.9 Å². The van der Waals surface area contributed by atoms with Gasteiger partial charge in [0.05, 0.1) is 4.91 Å². The average molecular weight is 406 g/mol. The van der Waals surface area contributed by atoms with Crippen molar-refractivity contribution in [3.05, 3.63) is 76.9 Å². The minimum atomic E-state index is -1.47. The Kier molecular flexibility index (Phi) is 4.84. The van der Waals surface area contributed by atoms with Crippen LogP contribution in [0.2, 0.25) is 0 Å². The summed E-state index contributed by atoms with van der Waals surface area (Å²) in [5.41, 5.74) is 6.42. The molecule has 0 spiro atoms. The van der Waals surface area contributed by atoms with Crippen molar-refractivity contribution in [2.45, 2.75) is 44.6 Å². The first-order valence-electron chi connectivity index (χ1n) is 10.2. The van der Waals surface area contributed by atoms with Gasteiger partial charge in [0, 0.05) is 6.08 Å². The van der Waals surface area contributed by atoms with Crippen LogP contribution in [0.1, 0.15) is 60.5 Å². The van der Waals surface area contributed by atoms with E-state index in [2.05, 4.69) is 29.0 Å². The molecule has 0 aromatic heterocycles. The molecule has 29 heavy (non-hydrogen) atoms. The van der Waals surface area contributed by atoms with Gasteiger partial charge >= 0.3 is 0 Å². The van der Waals surface area contributed by atoms with Crippen molar-refractivity contribution in [2.75, 3.05) is 0 Å². The predicted octanol–water partition coefficient (Wildman–Crippen LogP) is 4.84. The molecule has 0 radical (unpaired) electrons. The van der Waals surface area contributed by atoms with Crippen molar-refractivity contribution in [3.63, 3.8) is 0 Å². The second-order valence-electron chi connectivity index (χ2n) is 7.76. The number of allylic oxidation sites excluding steroid dienone is 2. The normalized spacial score (nSPS) is 23.2. The van der Waals surface area contributed by atoms with Crippen molar-refractivity contribution in [3.8, 4) is 5.75 Å². The van der Waals surface area contributed by atoms with Gasteiger partial charge < -0.3 is 4.74 Å². The zero-order chi connectivity index (χ0) is 19.8. The van der Waals surface area contributed by atoms with Crippen molar-refractivity contribution < 1.29 is 13.7 Å². The topological polar surface area (TPSA) is 55.4 Å². The fraction of sp³-hybridized carbons (Fsp3) is 0.292. The highest BCUT2D eigenvalue weighted by atomic mass is 32.2. The first kappa shape index (κ1) is 18.4. The molecule has 1 heterocycles. The van der Waals surface area contributed by atoms with Gasteiger partial charge in [0.25, 0.3) is 5.91 Å². The number of nitrogens with one attached hydrogen (secondary N) is 1. The molecule has 2 aromatic rings. The van der Waals surface area contributed by atoms with Crippen LogP contribution in [-0.2, 0) is 22.2 Å². The second-order valence-corrected chi connectivity index (χ2v) is 8.94. The molecule has 5 heteroatoms. The van der Waals surface area contributed by atoms with Crippen LogP contribution in [-0.4, -0.2) is 10.1 Å². The third kappa shape index (κ3) is 3.55. The van der Waals surface area contributed by atoms with Gasteiger partial charge in [-0.05, 0) is 78.5 Å². The first-order chi connectivity index (χ1) is 14.2. The van der Waals surface area contributed by atoms with Gasteiger partial charge in [-0.2, -0.15) is 0 Å². The summed E-state index contributed by atoms with van der Waals surface area (Å²) in [4.78, 5) is 11.9. The number of carbonyl (C=O) groups is 1. The highest BCUT2D eigenvalue weighted by molar-refractivity contribution is 7.93. The lowest BCUT2D eigenvalue weighted by atomic mass is 9.89. The third-order valence-electron chi connectivity index (χ3n) is 5.92. The Morgan fingerprint density at radius 2 is 1.90 bits per heavy atom. The maximum Gasteiger partial charge on any atom is 0.257 e. The van der Waals surface area contributed by atoms with Gasteiger partial charge in [0.15, 0.2) is 11.0 Å². The number of benzene rings is 2. The molecule has 2 aromatic carbocycles. The number of hydrogen-bond donors (Lipinski definition) is 1. The molecule has 148 valence electrons. The van der Waals surface area contributed by atoms with Gasteiger partial charge in [0.2, 0.25) is 0 Å². The van der Waals surface area contributed by atoms with Crippen LogP contribution in [0.5, 0.6) is 5.75 Å². The van der Waals surface area contributed by atoms with Crippen molar-refractivity contribution in [1.29, 1.82) is 0 Å². The average Bonchev–Trinajstić information content (AvgIpc) is 3.31. The molecule has 1 aliphatic heterocycles. The SMILES string of the molecule is O=C1C=C(c2ccc(O[C@@H]3CCc4c(C5=CCCCC5)cccc43)cc2)S(=O)N1. The maximum atomic E-state index is 11.9. The summed E-state index contributed by atoms with van der Waals surface area (Å²) in [6, 6.07) is 14.1. The van der Waals surface area contributed by atoms with Crippen LogP contribution < -0.4 is 9.46 Å². The summed E-state index contributed by atoms with van der Waals surface area (Å²) in [6.07, 6.45) is 10.8. The Morgan fingerprint density at radius 1 is 1.03 bits per heavy atom. The standard InChI is InChI=1S/C24H23NO3S/c26-24-15-23(29(27)25-24)17-9-11-18(12-10-17)28-22-14-13-20-19(7-4-8-21(20)22)16-5-2-1-3-6-16/h4-5,7-12,15,22H,1-3,6,13-14H2,(H,25,26)/t22-,29?/m1/s1. The predicted molar refractivity (Wildman–Crippen MR) is 115 cm³/mol. The monoisotopic (exact) mass is 405 g/mol. The third-order valence-corrected chi connectivity index (χ3v) is 7.06. The van der Waals surface area contributed by atoms with Gasteiger partial charge in [-0.15, -0.1) is 0 Å². The van der Waals surface area contributed by atoms with Gasteiger partial charge in [-0.25, -0.2) is 4.21 Å². The molecule has 3 aliphatic rings. The molecule has 0 saturated carbocycles. The fourth-order valence-corrected chi connectivity index (χ4v) is 5.44. The molecular weight excluding hydrogens is 382 g/mol. The summed E-state index contributed by atoms with van der Waals surface area (Å²) in [7, 11) is -1.47. The molecule has 2 atom stereocenters. The Hall–Kier alpha value is -2.66. The number of carbonyl (C=O) groups excluding carboxylic acids is 1. The van der Waals surface area contributed by atoms with E-state index >= 15 is 0 Å². The van der Waals surface area contributed by atoms with Gasteiger partial charge in [-0.3, -0.25) is 9.52 Å².